The van der Waals surface area contributed by atoms with Gasteiger partial charge in [-0.25, -0.2) is 0 Å². The molecule has 1 aromatic carbocycles. The first-order chi connectivity index (χ1) is 9.52. The number of nitrogens with zero attached hydrogens (tertiary/aromatic N) is 2. The van der Waals surface area contributed by atoms with Crippen molar-refractivity contribution < 1.29 is 4.79 Å². The monoisotopic (exact) mass is 285 g/mol. The van der Waals surface area contributed by atoms with Gasteiger partial charge in [-0.05, 0) is 37.6 Å². The highest BCUT2D eigenvalue weighted by molar-refractivity contribution is 6.34. The van der Waals surface area contributed by atoms with Crippen molar-refractivity contribution in [3.05, 3.63) is 57.9 Å². The summed E-state index contributed by atoms with van der Waals surface area (Å²) in [4.78, 5) is 16.2. The second-order valence-electron chi connectivity index (χ2n) is 4.37. The van der Waals surface area contributed by atoms with Gasteiger partial charge in [0, 0.05) is 11.9 Å². The number of rotatable bonds is 2. The van der Waals surface area contributed by atoms with Gasteiger partial charge in [0.15, 0.2) is 0 Å². The number of hydrogen-bond acceptors (Lipinski definition) is 3. The number of hydrogen-bond donors (Lipinski definition) is 1. The van der Waals surface area contributed by atoms with Gasteiger partial charge in [-0.1, -0.05) is 17.7 Å². The zero-order valence-electron chi connectivity index (χ0n) is 11.1. The maximum Gasteiger partial charge on any atom is 0.257 e. The van der Waals surface area contributed by atoms with E-state index in [1.807, 2.05) is 6.92 Å². The van der Waals surface area contributed by atoms with Crippen LogP contribution in [0.15, 0.2) is 30.5 Å². The molecule has 0 saturated heterocycles. The first-order valence-corrected chi connectivity index (χ1v) is 6.34. The molecule has 1 amide bonds. The van der Waals surface area contributed by atoms with Crippen LogP contribution in [0.25, 0.3) is 0 Å². The molecule has 4 nitrogen and oxygen atoms in total. The maximum atomic E-state index is 12.1. The van der Waals surface area contributed by atoms with Crippen LogP contribution in [0, 0.1) is 25.2 Å². The fourth-order valence-corrected chi connectivity index (χ4v) is 1.94. The molecule has 1 N–H and O–H groups in total. The molecule has 0 unspecified atom stereocenters. The molecule has 0 aliphatic rings. The van der Waals surface area contributed by atoms with Crippen LogP contribution in [0.1, 0.15) is 27.2 Å². The Morgan fingerprint density at radius 1 is 1.30 bits per heavy atom. The summed E-state index contributed by atoms with van der Waals surface area (Å²) in [6, 6.07) is 8.87. The number of amides is 1. The molecule has 0 aliphatic carbocycles. The highest BCUT2D eigenvalue weighted by Gasteiger charge is 2.14. The Balaban J connectivity index is 2.35. The van der Waals surface area contributed by atoms with E-state index in [-0.39, 0.29) is 5.91 Å². The van der Waals surface area contributed by atoms with Crippen molar-refractivity contribution in [2.24, 2.45) is 0 Å². The van der Waals surface area contributed by atoms with Crippen LogP contribution in [0.4, 0.5) is 5.69 Å². The number of nitrogens with one attached hydrogen (secondary N) is 1. The molecule has 0 bridgehead atoms. The summed E-state index contributed by atoms with van der Waals surface area (Å²) in [5.74, 6) is -0.346. The van der Waals surface area contributed by atoms with Crippen LogP contribution in [0.2, 0.25) is 5.02 Å². The van der Waals surface area contributed by atoms with E-state index in [4.69, 9.17) is 11.6 Å². The SMILES string of the molecule is Cc1ccc(C(=O)Nc2c(Cl)ccc(C)c2C#N)cn1. The number of anilines is 1. The largest absolute Gasteiger partial charge is 0.319 e. The summed E-state index contributed by atoms with van der Waals surface area (Å²) >= 11 is 6.06. The summed E-state index contributed by atoms with van der Waals surface area (Å²) < 4.78 is 0. The predicted octanol–water partition coefficient (Wildman–Crippen LogP) is 3.48. The molecule has 2 aromatic rings. The molecule has 0 spiro atoms. The minimum absolute atomic E-state index is 0.333. The Bertz CT molecular complexity index is 702. The van der Waals surface area contributed by atoms with E-state index in [9.17, 15) is 10.1 Å². The highest BCUT2D eigenvalue weighted by atomic mass is 35.5. The number of aryl methyl sites for hydroxylation is 2. The summed E-state index contributed by atoms with van der Waals surface area (Å²) in [5, 5.41) is 12.2. The van der Waals surface area contributed by atoms with Gasteiger partial charge < -0.3 is 5.32 Å². The molecule has 20 heavy (non-hydrogen) atoms. The number of carbonyl (C=O) groups excluding carboxylic acids is 1. The van der Waals surface area contributed by atoms with Crippen molar-refractivity contribution in [1.29, 1.82) is 5.26 Å². The van der Waals surface area contributed by atoms with E-state index >= 15 is 0 Å². The first kappa shape index (κ1) is 14.0. The average Bonchev–Trinajstić information content (AvgIpc) is 2.44. The first-order valence-electron chi connectivity index (χ1n) is 5.96. The zero-order valence-corrected chi connectivity index (χ0v) is 11.8. The Morgan fingerprint density at radius 2 is 2.05 bits per heavy atom. The lowest BCUT2D eigenvalue weighted by atomic mass is 10.1. The topological polar surface area (TPSA) is 65.8 Å². The van der Waals surface area contributed by atoms with Gasteiger partial charge in [0.05, 0.1) is 21.8 Å². The Hall–Kier alpha value is -2.38. The minimum atomic E-state index is -0.346. The predicted molar refractivity (Wildman–Crippen MR) is 77.8 cm³/mol. The Kier molecular flexibility index (Phi) is 4.02. The number of aromatic nitrogens is 1. The van der Waals surface area contributed by atoms with E-state index in [0.717, 1.165) is 11.3 Å². The lowest BCUT2D eigenvalue weighted by Gasteiger charge is -2.10. The van der Waals surface area contributed by atoms with Crippen LogP contribution in [0.3, 0.4) is 0 Å². The maximum absolute atomic E-state index is 12.1. The third-order valence-electron chi connectivity index (χ3n) is 2.89. The van der Waals surface area contributed by atoms with Crippen LogP contribution in [0.5, 0.6) is 0 Å². The molecule has 0 radical (unpaired) electrons. The van der Waals surface area contributed by atoms with Crippen molar-refractivity contribution in [2.75, 3.05) is 5.32 Å². The second-order valence-corrected chi connectivity index (χ2v) is 4.78. The van der Waals surface area contributed by atoms with Crippen LogP contribution in [-0.4, -0.2) is 10.9 Å². The van der Waals surface area contributed by atoms with Crippen molar-refractivity contribution >= 4 is 23.2 Å². The van der Waals surface area contributed by atoms with E-state index in [2.05, 4.69) is 16.4 Å². The van der Waals surface area contributed by atoms with Crippen molar-refractivity contribution in [3.63, 3.8) is 0 Å². The van der Waals surface area contributed by atoms with Gasteiger partial charge in [-0.3, -0.25) is 9.78 Å². The standard InChI is InChI=1S/C15H12ClN3O/c1-9-3-6-13(16)14(12(9)7-17)19-15(20)11-5-4-10(2)18-8-11/h3-6,8H,1-2H3,(H,19,20). The number of halogens is 1. The van der Waals surface area contributed by atoms with E-state index < -0.39 is 0 Å². The normalized spacial score (nSPS) is 9.90. The van der Waals surface area contributed by atoms with Crippen LogP contribution >= 0.6 is 11.6 Å². The van der Waals surface area contributed by atoms with Gasteiger partial charge in [-0.15, -0.1) is 0 Å². The van der Waals surface area contributed by atoms with Gasteiger partial charge in [0.1, 0.15) is 6.07 Å². The molecule has 1 heterocycles. The van der Waals surface area contributed by atoms with Crippen molar-refractivity contribution in [1.82, 2.24) is 4.98 Å². The van der Waals surface area contributed by atoms with Crippen LogP contribution in [-0.2, 0) is 0 Å². The molecule has 0 aliphatic heterocycles. The van der Waals surface area contributed by atoms with Gasteiger partial charge >= 0.3 is 0 Å². The smallest absolute Gasteiger partial charge is 0.257 e. The van der Waals surface area contributed by atoms with Crippen LogP contribution < -0.4 is 5.32 Å². The van der Waals surface area contributed by atoms with E-state index in [1.165, 1.54) is 6.20 Å². The van der Waals surface area contributed by atoms with E-state index in [0.29, 0.717) is 21.8 Å². The molecular weight excluding hydrogens is 274 g/mol. The third kappa shape index (κ3) is 2.79. The van der Waals surface area contributed by atoms with Crippen molar-refractivity contribution in [2.45, 2.75) is 13.8 Å². The summed E-state index contributed by atoms with van der Waals surface area (Å²) in [6.45, 7) is 3.63. The molecule has 2 rings (SSSR count). The molecule has 0 saturated carbocycles. The molecule has 0 atom stereocenters. The number of carbonyl (C=O) groups is 1. The average molecular weight is 286 g/mol. The number of pyridine rings is 1. The lowest BCUT2D eigenvalue weighted by Crippen LogP contribution is -2.14. The van der Waals surface area contributed by atoms with Gasteiger partial charge in [0.25, 0.3) is 5.91 Å². The molecular formula is C15H12ClN3O. The molecule has 0 fully saturated rings. The number of benzene rings is 1. The minimum Gasteiger partial charge on any atom is -0.319 e. The summed E-state index contributed by atoms with van der Waals surface area (Å²) in [5.41, 5.74) is 2.70. The second kappa shape index (κ2) is 5.72. The fraction of sp³-hybridized carbons (Fsp3) is 0.133. The van der Waals surface area contributed by atoms with E-state index in [1.54, 1.807) is 31.2 Å². The highest BCUT2D eigenvalue weighted by Crippen LogP contribution is 2.28. The lowest BCUT2D eigenvalue weighted by molar-refractivity contribution is 0.102. The molecule has 5 heteroatoms. The van der Waals surface area contributed by atoms with Gasteiger partial charge in [0.2, 0.25) is 0 Å². The quantitative estimate of drug-likeness (QED) is 0.918. The third-order valence-corrected chi connectivity index (χ3v) is 3.20. The fourth-order valence-electron chi connectivity index (χ4n) is 1.74. The van der Waals surface area contributed by atoms with Crippen molar-refractivity contribution in [3.8, 4) is 6.07 Å². The summed E-state index contributed by atoms with van der Waals surface area (Å²) in [7, 11) is 0. The molecule has 1 aromatic heterocycles. The van der Waals surface area contributed by atoms with Gasteiger partial charge in [-0.2, -0.15) is 5.26 Å². The summed E-state index contributed by atoms with van der Waals surface area (Å²) in [6.07, 6.45) is 1.49. The Morgan fingerprint density at radius 3 is 2.65 bits per heavy atom. The molecule has 100 valence electrons. The zero-order chi connectivity index (χ0) is 14.7. The number of nitriles is 1. The Labute approximate surface area is 122 Å².